The van der Waals surface area contributed by atoms with Gasteiger partial charge in [0.2, 0.25) is 0 Å². The Morgan fingerprint density at radius 3 is 2.74 bits per heavy atom. The molecule has 0 atom stereocenters. The molecule has 0 aliphatic rings. The molecule has 6 heteroatoms. The third-order valence-corrected chi connectivity index (χ3v) is 3.05. The average Bonchev–Trinajstić information content (AvgIpc) is 3.03. The molecule has 126 valence electrons. The minimum absolute atomic E-state index is 0. The molecule has 0 aliphatic carbocycles. The van der Waals surface area contributed by atoms with Crippen LogP contribution in [0, 0.1) is 5.92 Å². The Labute approximate surface area is 155 Å². The van der Waals surface area contributed by atoms with Crippen LogP contribution in [0.25, 0.3) is 0 Å². The van der Waals surface area contributed by atoms with Crippen LogP contribution in [0.2, 0.25) is 0 Å². The number of hydrogen-bond acceptors (Lipinski definition) is 3. The van der Waals surface area contributed by atoms with Crippen molar-refractivity contribution in [2.75, 3.05) is 13.1 Å². The van der Waals surface area contributed by atoms with E-state index >= 15 is 0 Å². The number of aliphatic imine (C=N–C) groups is 1. The highest BCUT2D eigenvalue weighted by Gasteiger charge is 2.02. The molecular formula is C17H25IN4O. The standard InChI is InChI=1S/C17H24N4O.HI/c1-14(2)12-20-17(19-10-8-16-7-5-11-22-16)21-13-15-6-3-4-9-18-15;/h3-7,9,11,14H,8,10,12-13H2,1-2H3,(H2,19,20,21);1H. The Hall–Kier alpha value is -1.57. The van der Waals surface area contributed by atoms with E-state index < -0.39 is 0 Å². The number of halogens is 1. The topological polar surface area (TPSA) is 62.5 Å². The van der Waals surface area contributed by atoms with Gasteiger partial charge in [-0.15, -0.1) is 24.0 Å². The summed E-state index contributed by atoms with van der Waals surface area (Å²) in [4.78, 5) is 8.88. The fourth-order valence-corrected chi connectivity index (χ4v) is 1.89. The van der Waals surface area contributed by atoms with Gasteiger partial charge in [-0.1, -0.05) is 19.9 Å². The quantitative estimate of drug-likeness (QED) is 0.404. The summed E-state index contributed by atoms with van der Waals surface area (Å²) in [6, 6.07) is 9.75. The number of furan rings is 1. The Morgan fingerprint density at radius 2 is 2.09 bits per heavy atom. The Kier molecular flexibility index (Phi) is 9.35. The number of guanidine groups is 1. The molecular weight excluding hydrogens is 403 g/mol. The molecule has 0 amide bonds. The Bertz CT molecular complexity index is 555. The maximum absolute atomic E-state index is 5.33. The smallest absolute Gasteiger partial charge is 0.191 e. The normalized spacial score (nSPS) is 11.2. The molecule has 0 aromatic carbocycles. The SMILES string of the molecule is CC(C)CNC(=NCc1ccccn1)NCCc1ccco1.I. The molecule has 0 radical (unpaired) electrons. The number of rotatable bonds is 7. The van der Waals surface area contributed by atoms with Crippen LogP contribution in [0.3, 0.4) is 0 Å². The molecule has 0 saturated carbocycles. The van der Waals surface area contributed by atoms with Crippen molar-refractivity contribution in [3.63, 3.8) is 0 Å². The van der Waals surface area contributed by atoms with Crippen LogP contribution in [0.4, 0.5) is 0 Å². The summed E-state index contributed by atoms with van der Waals surface area (Å²) in [5, 5.41) is 6.68. The van der Waals surface area contributed by atoms with Crippen molar-refractivity contribution in [2.45, 2.75) is 26.8 Å². The van der Waals surface area contributed by atoms with Gasteiger partial charge < -0.3 is 15.1 Å². The molecule has 0 spiro atoms. The summed E-state index contributed by atoms with van der Waals surface area (Å²) in [5.74, 6) is 2.35. The molecule has 0 saturated heterocycles. The second kappa shape index (κ2) is 11.0. The van der Waals surface area contributed by atoms with Gasteiger partial charge in [0, 0.05) is 25.7 Å². The van der Waals surface area contributed by atoms with Gasteiger partial charge in [-0.2, -0.15) is 0 Å². The van der Waals surface area contributed by atoms with Crippen molar-refractivity contribution in [3.8, 4) is 0 Å². The first-order valence-electron chi connectivity index (χ1n) is 7.68. The Morgan fingerprint density at radius 1 is 1.22 bits per heavy atom. The van der Waals surface area contributed by atoms with Gasteiger partial charge >= 0.3 is 0 Å². The molecule has 0 bridgehead atoms. The van der Waals surface area contributed by atoms with E-state index in [4.69, 9.17) is 4.42 Å². The van der Waals surface area contributed by atoms with E-state index in [0.29, 0.717) is 12.5 Å². The predicted octanol–water partition coefficient (Wildman–Crippen LogP) is 3.23. The molecule has 0 fully saturated rings. The fraction of sp³-hybridized carbons (Fsp3) is 0.412. The maximum atomic E-state index is 5.33. The first-order valence-corrected chi connectivity index (χ1v) is 7.68. The largest absolute Gasteiger partial charge is 0.469 e. The van der Waals surface area contributed by atoms with Gasteiger partial charge in [0.25, 0.3) is 0 Å². The summed E-state index contributed by atoms with van der Waals surface area (Å²) < 4.78 is 5.33. The van der Waals surface area contributed by atoms with Crippen molar-refractivity contribution >= 4 is 29.9 Å². The highest BCUT2D eigenvalue weighted by atomic mass is 127. The van der Waals surface area contributed by atoms with E-state index in [-0.39, 0.29) is 24.0 Å². The molecule has 2 aromatic rings. The van der Waals surface area contributed by atoms with Crippen LogP contribution >= 0.6 is 24.0 Å². The van der Waals surface area contributed by atoms with Gasteiger partial charge in [-0.25, -0.2) is 4.99 Å². The van der Waals surface area contributed by atoms with Gasteiger partial charge in [0.05, 0.1) is 18.5 Å². The van der Waals surface area contributed by atoms with E-state index in [1.165, 1.54) is 0 Å². The lowest BCUT2D eigenvalue weighted by molar-refractivity contribution is 0.506. The molecule has 0 unspecified atom stereocenters. The monoisotopic (exact) mass is 428 g/mol. The molecule has 2 rings (SSSR count). The van der Waals surface area contributed by atoms with E-state index in [0.717, 1.165) is 36.9 Å². The summed E-state index contributed by atoms with van der Waals surface area (Å²) in [5.41, 5.74) is 0.958. The third kappa shape index (κ3) is 8.01. The lowest BCUT2D eigenvalue weighted by atomic mass is 10.2. The van der Waals surface area contributed by atoms with Gasteiger partial charge in [-0.05, 0) is 30.2 Å². The molecule has 2 N–H and O–H groups in total. The zero-order valence-electron chi connectivity index (χ0n) is 13.7. The van der Waals surface area contributed by atoms with Gasteiger partial charge in [0.1, 0.15) is 5.76 Å². The van der Waals surface area contributed by atoms with Crippen molar-refractivity contribution in [1.29, 1.82) is 0 Å². The van der Waals surface area contributed by atoms with E-state index in [9.17, 15) is 0 Å². The lowest BCUT2D eigenvalue weighted by Crippen LogP contribution is -2.40. The number of nitrogens with one attached hydrogen (secondary N) is 2. The minimum atomic E-state index is 0. The zero-order chi connectivity index (χ0) is 15.6. The number of aromatic nitrogens is 1. The van der Waals surface area contributed by atoms with Crippen LogP contribution in [-0.4, -0.2) is 24.0 Å². The molecule has 0 aliphatic heterocycles. The number of nitrogens with zero attached hydrogens (tertiary/aromatic N) is 2. The summed E-state index contributed by atoms with van der Waals surface area (Å²) >= 11 is 0. The van der Waals surface area contributed by atoms with Crippen LogP contribution in [-0.2, 0) is 13.0 Å². The van der Waals surface area contributed by atoms with Crippen LogP contribution in [0.1, 0.15) is 25.3 Å². The highest BCUT2D eigenvalue weighted by Crippen LogP contribution is 2.00. The zero-order valence-corrected chi connectivity index (χ0v) is 16.0. The van der Waals surface area contributed by atoms with Crippen molar-refractivity contribution < 1.29 is 4.42 Å². The summed E-state index contributed by atoms with van der Waals surface area (Å²) in [6.45, 7) is 6.57. The van der Waals surface area contributed by atoms with Crippen molar-refractivity contribution in [1.82, 2.24) is 15.6 Å². The molecule has 23 heavy (non-hydrogen) atoms. The predicted molar refractivity (Wildman–Crippen MR) is 104 cm³/mol. The first-order chi connectivity index (χ1) is 10.7. The Balaban J connectivity index is 0.00000264. The third-order valence-electron chi connectivity index (χ3n) is 3.05. The maximum Gasteiger partial charge on any atom is 0.191 e. The average molecular weight is 428 g/mol. The number of pyridine rings is 1. The summed E-state index contributed by atoms with van der Waals surface area (Å²) in [6.07, 6.45) is 4.32. The fourth-order valence-electron chi connectivity index (χ4n) is 1.89. The van der Waals surface area contributed by atoms with Gasteiger partial charge in [-0.3, -0.25) is 4.98 Å². The molecule has 5 nitrogen and oxygen atoms in total. The van der Waals surface area contributed by atoms with Crippen molar-refractivity contribution in [2.24, 2.45) is 10.9 Å². The van der Waals surface area contributed by atoms with Gasteiger partial charge in [0.15, 0.2) is 5.96 Å². The summed E-state index contributed by atoms with van der Waals surface area (Å²) in [7, 11) is 0. The number of hydrogen-bond donors (Lipinski definition) is 2. The van der Waals surface area contributed by atoms with E-state index in [1.807, 2.05) is 30.3 Å². The molecule has 2 aromatic heterocycles. The minimum Gasteiger partial charge on any atom is -0.469 e. The van der Waals surface area contributed by atoms with Crippen molar-refractivity contribution in [3.05, 3.63) is 54.2 Å². The second-order valence-corrected chi connectivity index (χ2v) is 5.52. The lowest BCUT2D eigenvalue weighted by Gasteiger charge is -2.13. The van der Waals surface area contributed by atoms with Crippen LogP contribution < -0.4 is 10.6 Å². The van der Waals surface area contributed by atoms with Crippen LogP contribution in [0.5, 0.6) is 0 Å². The molecule has 2 heterocycles. The highest BCUT2D eigenvalue weighted by molar-refractivity contribution is 14.0. The van der Waals surface area contributed by atoms with E-state index in [2.05, 4.69) is 34.5 Å². The second-order valence-electron chi connectivity index (χ2n) is 5.52. The van der Waals surface area contributed by atoms with E-state index in [1.54, 1.807) is 12.5 Å². The van der Waals surface area contributed by atoms with Crippen LogP contribution in [0.15, 0.2) is 52.2 Å². The first kappa shape index (κ1) is 19.5.